The molecule has 0 bridgehead atoms. The largest absolute Gasteiger partial charge is 0.330 e. The molecule has 0 aliphatic carbocycles. The summed E-state index contributed by atoms with van der Waals surface area (Å²) in [6, 6.07) is 1.79. The van der Waals surface area contributed by atoms with Gasteiger partial charge in [0, 0.05) is 12.0 Å². The number of nitrogens with zero attached hydrogens (tertiary/aromatic N) is 2. The highest BCUT2D eigenvalue weighted by atomic mass is 32.1. The van der Waals surface area contributed by atoms with Gasteiger partial charge in [0.1, 0.15) is 10.0 Å². The fraction of sp³-hybridized carbons (Fsp3) is 0.200. The molecule has 0 spiro atoms. The van der Waals surface area contributed by atoms with E-state index < -0.39 is 17.5 Å². The lowest BCUT2D eigenvalue weighted by Crippen LogP contribution is -2.01. The molecule has 2 aromatic rings. The van der Waals surface area contributed by atoms with Crippen molar-refractivity contribution in [3.05, 3.63) is 34.6 Å². The van der Waals surface area contributed by atoms with Crippen LogP contribution in [0.2, 0.25) is 0 Å². The van der Waals surface area contributed by atoms with Crippen molar-refractivity contribution in [1.29, 1.82) is 0 Å². The highest BCUT2D eigenvalue weighted by Crippen LogP contribution is 2.26. The molecule has 0 radical (unpaired) electrons. The average molecular weight is 259 g/mol. The van der Waals surface area contributed by atoms with E-state index in [0.29, 0.717) is 23.0 Å². The highest BCUT2D eigenvalue weighted by molar-refractivity contribution is 7.14. The lowest BCUT2D eigenvalue weighted by Gasteiger charge is -1.98. The molecule has 0 amide bonds. The lowest BCUT2D eigenvalue weighted by molar-refractivity contribution is 0.447. The van der Waals surface area contributed by atoms with Crippen LogP contribution in [0.4, 0.5) is 13.2 Å². The maximum absolute atomic E-state index is 13.0. The third-order valence-corrected chi connectivity index (χ3v) is 3.09. The van der Waals surface area contributed by atoms with Gasteiger partial charge < -0.3 is 5.73 Å². The first-order valence-electron chi connectivity index (χ1n) is 4.79. The van der Waals surface area contributed by atoms with Gasteiger partial charge >= 0.3 is 0 Å². The molecule has 0 atom stereocenters. The van der Waals surface area contributed by atoms with Crippen LogP contribution in [0.25, 0.3) is 10.6 Å². The molecule has 0 unspecified atom stereocenters. The van der Waals surface area contributed by atoms with Crippen LogP contribution in [0.3, 0.4) is 0 Å². The number of rotatable bonds is 3. The first kappa shape index (κ1) is 12.0. The molecule has 0 aliphatic rings. The maximum Gasteiger partial charge on any atom is 0.194 e. The summed E-state index contributed by atoms with van der Waals surface area (Å²) in [5.41, 5.74) is 5.51. The topological polar surface area (TPSA) is 51.8 Å². The van der Waals surface area contributed by atoms with Crippen molar-refractivity contribution in [1.82, 2.24) is 10.2 Å². The molecule has 7 heteroatoms. The van der Waals surface area contributed by atoms with Crippen LogP contribution in [-0.2, 0) is 6.42 Å². The Morgan fingerprint density at radius 1 is 1.12 bits per heavy atom. The van der Waals surface area contributed by atoms with Crippen molar-refractivity contribution in [2.75, 3.05) is 6.54 Å². The summed E-state index contributed by atoms with van der Waals surface area (Å²) in [6.07, 6.45) is 0.545. The molecule has 90 valence electrons. The van der Waals surface area contributed by atoms with Crippen LogP contribution in [0.1, 0.15) is 5.01 Å². The van der Waals surface area contributed by atoms with Gasteiger partial charge in [-0.3, -0.25) is 0 Å². The van der Waals surface area contributed by atoms with Gasteiger partial charge in [-0.15, -0.1) is 10.2 Å². The number of benzene rings is 1. The van der Waals surface area contributed by atoms with Crippen LogP contribution in [0, 0.1) is 17.5 Å². The van der Waals surface area contributed by atoms with Gasteiger partial charge in [0.15, 0.2) is 17.5 Å². The zero-order chi connectivity index (χ0) is 12.4. The molecule has 0 fully saturated rings. The molecule has 0 aliphatic heterocycles. The Labute approximate surface area is 99.1 Å². The van der Waals surface area contributed by atoms with Crippen molar-refractivity contribution in [3.8, 4) is 10.6 Å². The van der Waals surface area contributed by atoms with Crippen LogP contribution >= 0.6 is 11.3 Å². The van der Waals surface area contributed by atoms with Gasteiger partial charge in [0.25, 0.3) is 0 Å². The molecular weight excluding hydrogens is 251 g/mol. The molecule has 0 saturated heterocycles. The standard InChI is InChI=1S/C10H8F3N3S/c11-6-3-5(4-7(12)9(6)13)10-16-15-8(17-10)1-2-14/h3-4H,1-2,14H2. The van der Waals surface area contributed by atoms with E-state index in [-0.39, 0.29) is 5.56 Å². The van der Waals surface area contributed by atoms with Crippen LogP contribution in [0.5, 0.6) is 0 Å². The van der Waals surface area contributed by atoms with E-state index in [2.05, 4.69) is 10.2 Å². The van der Waals surface area contributed by atoms with E-state index in [4.69, 9.17) is 5.73 Å². The summed E-state index contributed by atoms with van der Waals surface area (Å²) >= 11 is 1.18. The third kappa shape index (κ3) is 2.45. The molecular formula is C10H8F3N3S. The van der Waals surface area contributed by atoms with E-state index >= 15 is 0 Å². The lowest BCUT2D eigenvalue weighted by atomic mass is 10.2. The Morgan fingerprint density at radius 3 is 2.35 bits per heavy atom. The molecule has 1 aromatic carbocycles. The SMILES string of the molecule is NCCc1nnc(-c2cc(F)c(F)c(F)c2)s1. The van der Waals surface area contributed by atoms with Crippen molar-refractivity contribution in [2.45, 2.75) is 6.42 Å². The fourth-order valence-corrected chi connectivity index (χ4v) is 2.12. The summed E-state index contributed by atoms with van der Waals surface area (Å²) < 4.78 is 38.8. The highest BCUT2D eigenvalue weighted by Gasteiger charge is 2.14. The summed E-state index contributed by atoms with van der Waals surface area (Å²) in [6.45, 7) is 0.417. The minimum atomic E-state index is -1.49. The van der Waals surface area contributed by atoms with E-state index in [1.807, 2.05) is 0 Å². The normalized spacial score (nSPS) is 10.8. The monoisotopic (exact) mass is 259 g/mol. The molecule has 1 aromatic heterocycles. The van der Waals surface area contributed by atoms with Crippen molar-refractivity contribution >= 4 is 11.3 Å². The predicted molar refractivity (Wildman–Crippen MR) is 58.0 cm³/mol. The molecule has 1 heterocycles. The minimum absolute atomic E-state index is 0.169. The van der Waals surface area contributed by atoms with E-state index in [9.17, 15) is 13.2 Å². The third-order valence-electron chi connectivity index (χ3n) is 2.06. The predicted octanol–water partition coefficient (Wildman–Crippen LogP) is 2.12. The van der Waals surface area contributed by atoms with Crippen molar-refractivity contribution in [2.24, 2.45) is 5.73 Å². The van der Waals surface area contributed by atoms with E-state index in [1.165, 1.54) is 11.3 Å². The number of hydrogen-bond acceptors (Lipinski definition) is 4. The fourth-order valence-electron chi connectivity index (χ4n) is 1.27. The minimum Gasteiger partial charge on any atom is -0.330 e. The Hall–Kier alpha value is -1.47. The second-order valence-corrected chi connectivity index (χ2v) is 4.36. The number of hydrogen-bond donors (Lipinski definition) is 1. The van der Waals surface area contributed by atoms with E-state index in [0.717, 1.165) is 12.1 Å². The second-order valence-electron chi connectivity index (χ2n) is 3.29. The molecule has 2 rings (SSSR count). The van der Waals surface area contributed by atoms with Gasteiger partial charge in [-0.2, -0.15) is 0 Å². The Balaban J connectivity index is 2.39. The van der Waals surface area contributed by atoms with Crippen LogP contribution in [0.15, 0.2) is 12.1 Å². The second kappa shape index (κ2) is 4.80. The Morgan fingerprint density at radius 2 is 1.76 bits per heavy atom. The van der Waals surface area contributed by atoms with Gasteiger partial charge in [0.2, 0.25) is 0 Å². The van der Waals surface area contributed by atoms with Crippen LogP contribution < -0.4 is 5.73 Å². The Kier molecular flexibility index (Phi) is 3.39. The summed E-state index contributed by atoms with van der Waals surface area (Å²) in [5.74, 6) is -3.97. The molecule has 17 heavy (non-hydrogen) atoms. The molecule has 0 saturated carbocycles. The van der Waals surface area contributed by atoms with Gasteiger partial charge in [-0.05, 0) is 18.7 Å². The van der Waals surface area contributed by atoms with Crippen LogP contribution in [-0.4, -0.2) is 16.7 Å². The molecule has 2 N–H and O–H groups in total. The zero-order valence-electron chi connectivity index (χ0n) is 8.58. The van der Waals surface area contributed by atoms with Gasteiger partial charge in [-0.1, -0.05) is 11.3 Å². The summed E-state index contributed by atoms with van der Waals surface area (Å²) in [7, 11) is 0. The van der Waals surface area contributed by atoms with Gasteiger partial charge in [-0.25, -0.2) is 13.2 Å². The first-order chi connectivity index (χ1) is 8.11. The average Bonchev–Trinajstić information content (AvgIpc) is 2.74. The van der Waals surface area contributed by atoms with Crippen molar-refractivity contribution < 1.29 is 13.2 Å². The Bertz CT molecular complexity index is 518. The smallest absolute Gasteiger partial charge is 0.194 e. The van der Waals surface area contributed by atoms with Gasteiger partial charge in [0.05, 0.1) is 0 Å². The molecule has 3 nitrogen and oxygen atoms in total. The number of nitrogens with two attached hydrogens (primary N) is 1. The number of halogens is 3. The van der Waals surface area contributed by atoms with Crippen molar-refractivity contribution in [3.63, 3.8) is 0 Å². The summed E-state index contributed by atoms with van der Waals surface area (Å²) in [4.78, 5) is 0. The quantitative estimate of drug-likeness (QED) is 0.859. The first-order valence-corrected chi connectivity index (χ1v) is 5.61. The number of aromatic nitrogens is 2. The summed E-state index contributed by atoms with van der Waals surface area (Å²) in [5, 5.41) is 8.60. The van der Waals surface area contributed by atoms with E-state index in [1.54, 1.807) is 0 Å². The maximum atomic E-state index is 13.0. The zero-order valence-corrected chi connectivity index (χ0v) is 9.40.